The second-order valence-corrected chi connectivity index (χ2v) is 7.40. The Morgan fingerprint density at radius 1 is 1.30 bits per heavy atom. The molecule has 0 spiro atoms. The molecule has 5 unspecified atom stereocenters. The van der Waals surface area contributed by atoms with E-state index >= 15 is 0 Å². The predicted octanol–water partition coefficient (Wildman–Crippen LogP) is 0.905. The minimum absolute atomic E-state index is 0.0388. The monoisotopic (exact) mass is 302 g/mol. The number of carbonyl (C=O) groups is 2. The highest BCUT2D eigenvalue weighted by Crippen LogP contribution is 2.20. The normalized spacial score (nSPS) is 27.9. The fraction of sp³-hybridized carbons (Fsp3) is 0.857. The third kappa shape index (κ3) is 3.59. The Morgan fingerprint density at radius 2 is 1.90 bits per heavy atom. The molecule has 1 aliphatic heterocycles. The maximum Gasteiger partial charge on any atom is 0.246 e. The zero-order chi connectivity index (χ0) is 15.4. The number of nitrogens with zero attached hydrogens (tertiary/aromatic N) is 1. The van der Waals surface area contributed by atoms with E-state index < -0.39 is 22.9 Å². The van der Waals surface area contributed by atoms with Gasteiger partial charge in [0.25, 0.3) is 0 Å². The van der Waals surface area contributed by atoms with Gasteiger partial charge in [-0.3, -0.25) is 13.8 Å². The molecule has 116 valence electrons. The first-order valence-electron chi connectivity index (χ1n) is 7.26. The number of piperazine rings is 1. The molecule has 0 aromatic rings. The maximum atomic E-state index is 12.6. The van der Waals surface area contributed by atoms with Gasteiger partial charge in [-0.25, -0.2) is 0 Å². The van der Waals surface area contributed by atoms with Crippen molar-refractivity contribution in [3.63, 3.8) is 0 Å². The lowest BCUT2D eigenvalue weighted by molar-refractivity contribution is -0.150. The molecule has 5 nitrogen and oxygen atoms in total. The first-order chi connectivity index (χ1) is 9.33. The summed E-state index contributed by atoms with van der Waals surface area (Å²) in [5, 5.41) is 2.72. The molecule has 1 fully saturated rings. The van der Waals surface area contributed by atoms with Crippen LogP contribution in [0.3, 0.4) is 0 Å². The minimum Gasteiger partial charge on any atom is -0.342 e. The van der Waals surface area contributed by atoms with Crippen molar-refractivity contribution in [3.05, 3.63) is 0 Å². The summed E-state index contributed by atoms with van der Waals surface area (Å²) in [6.07, 6.45) is 3.04. The second kappa shape index (κ2) is 7.20. The first kappa shape index (κ1) is 17.1. The van der Waals surface area contributed by atoms with Crippen LogP contribution in [0.1, 0.15) is 40.5 Å². The summed E-state index contributed by atoms with van der Waals surface area (Å²) in [5.74, 6) is -0.0243. The van der Waals surface area contributed by atoms with Gasteiger partial charge in [0.15, 0.2) is 0 Å². The molecule has 0 saturated carbocycles. The minimum atomic E-state index is -1.00. The number of hydrogen-bond acceptors (Lipinski definition) is 3. The zero-order valence-corrected chi connectivity index (χ0v) is 13.8. The fourth-order valence-electron chi connectivity index (χ4n) is 2.41. The molecule has 1 N–H and O–H groups in total. The summed E-state index contributed by atoms with van der Waals surface area (Å²) in [5.41, 5.74) is 0. The summed E-state index contributed by atoms with van der Waals surface area (Å²) in [6, 6.07) is -0.887. The van der Waals surface area contributed by atoms with Crippen LogP contribution in [0.4, 0.5) is 0 Å². The van der Waals surface area contributed by atoms with E-state index in [0.29, 0.717) is 13.0 Å². The van der Waals surface area contributed by atoms with Crippen LogP contribution in [0.5, 0.6) is 0 Å². The molecule has 1 rings (SSSR count). The van der Waals surface area contributed by atoms with Crippen LogP contribution >= 0.6 is 0 Å². The first-order valence-corrected chi connectivity index (χ1v) is 8.88. The highest BCUT2D eigenvalue weighted by Gasteiger charge is 2.41. The Labute approximate surface area is 123 Å². The fourth-order valence-corrected chi connectivity index (χ4v) is 2.78. The molecule has 0 aromatic carbocycles. The van der Waals surface area contributed by atoms with Gasteiger partial charge in [0.05, 0.1) is 0 Å². The van der Waals surface area contributed by atoms with Crippen LogP contribution < -0.4 is 5.32 Å². The average Bonchev–Trinajstić information content (AvgIpc) is 2.41. The average molecular weight is 302 g/mol. The lowest BCUT2D eigenvalue weighted by atomic mass is 9.93. The molecular weight excluding hydrogens is 276 g/mol. The van der Waals surface area contributed by atoms with Gasteiger partial charge in [-0.05, 0) is 19.3 Å². The van der Waals surface area contributed by atoms with Gasteiger partial charge in [-0.15, -0.1) is 0 Å². The molecule has 0 radical (unpaired) electrons. The third-order valence-corrected chi connectivity index (χ3v) is 5.43. The molecule has 1 saturated heterocycles. The van der Waals surface area contributed by atoms with E-state index in [-0.39, 0.29) is 23.0 Å². The summed E-state index contributed by atoms with van der Waals surface area (Å²) >= 11 is 0. The van der Waals surface area contributed by atoms with Crippen LogP contribution in [0.2, 0.25) is 0 Å². The maximum absolute atomic E-state index is 12.6. The molecule has 5 atom stereocenters. The van der Waals surface area contributed by atoms with Crippen molar-refractivity contribution in [2.45, 2.75) is 57.9 Å². The van der Waals surface area contributed by atoms with E-state index in [9.17, 15) is 13.8 Å². The van der Waals surface area contributed by atoms with Gasteiger partial charge >= 0.3 is 0 Å². The van der Waals surface area contributed by atoms with Crippen molar-refractivity contribution in [2.75, 3.05) is 12.8 Å². The lowest BCUT2D eigenvalue weighted by Crippen LogP contribution is -2.65. The van der Waals surface area contributed by atoms with Gasteiger partial charge in [0.2, 0.25) is 11.8 Å². The van der Waals surface area contributed by atoms with Gasteiger partial charge in [-0.1, -0.05) is 27.2 Å². The molecule has 1 aliphatic rings. The van der Waals surface area contributed by atoms with Crippen molar-refractivity contribution < 1.29 is 13.8 Å². The Bertz CT molecular complexity index is 400. The van der Waals surface area contributed by atoms with E-state index in [1.807, 2.05) is 27.7 Å². The smallest absolute Gasteiger partial charge is 0.246 e. The van der Waals surface area contributed by atoms with Crippen molar-refractivity contribution in [2.24, 2.45) is 5.92 Å². The van der Waals surface area contributed by atoms with Crippen LogP contribution in [0.25, 0.3) is 0 Å². The lowest BCUT2D eigenvalue weighted by Gasteiger charge is -2.41. The van der Waals surface area contributed by atoms with Crippen molar-refractivity contribution >= 4 is 22.6 Å². The Balaban J connectivity index is 2.97. The molecule has 2 amide bonds. The van der Waals surface area contributed by atoms with Gasteiger partial charge in [0, 0.05) is 28.9 Å². The van der Waals surface area contributed by atoms with E-state index in [2.05, 4.69) is 5.32 Å². The standard InChI is InChI=1S/C14H26N2O3S/c1-6-9(3)12-14(18)16(8-10(4)20(5)19)11(7-2)13(17)15-12/h9-12H,6-8H2,1-5H3,(H,15,17). The van der Waals surface area contributed by atoms with Gasteiger partial charge < -0.3 is 10.2 Å². The molecule has 0 aromatic heterocycles. The Kier molecular flexibility index (Phi) is 6.17. The number of amides is 2. The summed E-state index contributed by atoms with van der Waals surface area (Å²) < 4.78 is 11.5. The number of hydrogen-bond donors (Lipinski definition) is 1. The summed E-state index contributed by atoms with van der Waals surface area (Å²) in [6.45, 7) is 8.09. The Morgan fingerprint density at radius 3 is 2.35 bits per heavy atom. The third-order valence-electron chi connectivity index (χ3n) is 4.15. The SMILES string of the molecule is CCC(C)C1NC(=O)C(CC)N(CC(C)S(C)=O)C1=O. The topological polar surface area (TPSA) is 66.5 Å². The van der Waals surface area contributed by atoms with Crippen LogP contribution in [0.15, 0.2) is 0 Å². The van der Waals surface area contributed by atoms with E-state index in [1.54, 1.807) is 11.2 Å². The number of nitrogens with one attached hydrogen (secondary N) is 1. The van der Waals surface area contributed by atoms with Crippen molar-refractivity contribution in [3.8, 4) is 0 Å². The number of carbonyl (C=O) groups excluding carboxylic acids is 2. The van der Waals surface area contributed by atoms with Gasteiger partial charge in [-0.2, -0.15) is 0 Å². The van der Waals surface area contributed by atoms with Crippen LogP contribution in [0, 0.1) is 5.92 Å². The molecule has 6 heteroatoms. The van der Waals surface area contributed by atoms with Crippen LogP contribution in [-0.2, 0) is 20.4 Å². The van der Waals surface area contributed by atoms with Gasteiger partial charge in [0.1, 0.15) is 12.1 Å². The second-order valence-electron chi connectivity index (χ2n) is 5.60. The molecule has 0 bridgehead atoms. The molecular formula is C14H26N2O3S. The highest BCUT2D eigenvalue weighted by molar-refractivity contribution is 7.84. The van der Waals surface area contributed by atoms with E-state index in [0.717, 1.165) is 6.42 Å². The Hall–Kier alpha value is -0.910. The zero-order valence-electron chi connectivity index (χ0n) is 13.0. The summed E-state index contributed by atoms with van der Waals surface area (Å²) in [4.78, 5) is 26.4. The van der Waals surface area contributed by atoms with Crippen LogP contribution in [-0.4, -0.2) is 51.1 Å². The van der Waals surface area contributed by atoms with Crippen molar-refractivity contribution in [1.82, 2.24) is 10.2 Å². The quantitative estimate of drug-likeness (QED) is 0.793. The highest BCUT2D eigenvalue weighted by atomic mass is 32.2. The van der Waals surface area contributed by atoms with Crippen molar-refractivity contribution in [1.29, 1.82) is 0 Å². The predicted molar refractivity (Wildman–Crippen MR) is 80.7 cm³/mol. The largest absolute Gasteiger partial charge is 0.342 e. The molecule has 20 heavy (non-hydrogen) atoms. The molecule has 0 aliphatic carbocycles. The summed E-state index contributed by atoms with van der Waals surface area (Å²) in [7, 11) is -1.00. The molecule has 1 heterocycles. The number of rotatable bonds is 6. The van der Waals surface area contributed by atoms with E-state index in [1.165, 1.54) is 0 Å². The van der Waals surface area contributed by atoms with E-state index in [4.69, 9.17) is 0 Å².